The fourth-order valence-electron chi connectivity index (χ4n) is 3.05. The summed E-state index contributed by atoms with van der Waals surface area (Å²) in [5, 5.41) is 20.0. The van der Waals surface area contributed by atoms with Crippen molar-refractivity contribution in [3.05, 3.63) is 87.5 Å². The maximum absolute atomic E-state index is 12.4. The Morgan fingerprint density at radius 3 is 2.50 bits per heavy atom. The van der Waals surface area contributed by atoms with Gasteiger partial charge in [-0.15, -0.1) is 11.8 Å². The van der Waals surface area contributed by atoms with Crippen LogP contribution in [0.2, 0.25) is 0 Å². The number of rotatable bonds is 7. The van der Waals surface area contributed by atoms with Crippen LogP contribution >= 0.6 is 11.8 Å². The summed E-state index contributed by atoms with van der Waals surface area (Å²) >= 11 is 1.51. The SMILES string of the molecule is COC(=O)C[C@H](c1ccc(O)cc1)c1oc(CSc2ccccc2C)cc(=O)c1O. The van der Waals surface area contributed by atoms with Crippen molar-refractivity contribution in [1.82, 2.24) is 0 Å². The van der Waals surface area contributed by atoms with Crippen LogP contribution in [0.25, 0.3) is 0 Å². The predicted molar refractivity (Wildman–Crippen MR) is 114 cm³/mol. The number of phenolic OH excluding ortho intramolecular Hbond substituents is 1. The molecule has 0 bridgehead atoms. The molecule has 30 heavy (non-hydrogen) atoms. The van der Waals surface area contributed by atoms with Gasteiger partial charge in [-0.05, 0) is 36.2 Å². The number of aromatic hydroxyl groups is 2. The van der Waals surface area contributed by atoms with Gasteiger partial charge in [-0.3, -0.25) is 9.59 Å². The van der Waals surface area contributed by atoms with E-state index in [1.165, 1.54) is 37.1 Å². The Morgan fingerprint density at radius 1 is 1.13 bits per heavy atom. The Labute approximate surface area is 178 Å². The van der Waals surface area contributed by atoms with E-state index in [-0.39, 0.29) is 17.9 Å². The molecule has 7 heteroatoms. The van der Waals surface area contributed by atoms with E-state index in [9.17, 15) is 19.8 Å². The zero-order valence-electron chi connectivity index (χ0n) is 16.6. The van der Waals surface area contributed by atoms with Crippen LogP contribution in [0.1, 0.15) is 35.0 Å². The van der Waals surface area contributed by atoms with Gasteiger partial charge in [0.2, 0.25) is 11.2 Å². The molecule has 0 spiro atoms. The van der Waals surface area contributed by atoms with Crippen molar-refractivity contribution in [2.75, 3.05) is 7.11 Å². The molecule has 2 aromatic carbocycles. The van der Waals surface area contributed by atoms with Crippen LogP contribution in [0.15, 0.2) is 68.7 Å². The summed E-state index contributed by atoms with van der Waals surface area (Å²) in [6, 6.07) is 15.3. The Kier molecular flexibility index (Phi) is 6.84. The Morgan fingerprint density at radius 2 is 1.83 bits per heavy atom. The molecule has 0 saturated heterocycles. The number of ether oxygens (including phenoxy) is 1. The number of hydrogen-bond donors (Lipinski definition) is 2. The van der Waals surface area contributed by atoms with E-state index in [2.05, 4.69) is 0 Å². The van der Waals surface area contributed by atoms with Crippen LogP contribution in [0, 0.1) is 6.92 Å². The third-order valence-corrected chi connectivity index (χ3v) is 5.87. The predicted octanol–water partition coefficient (Wildman–Crippen LogP) is 4.35. The minimum absolute atomic E-state index is 0.000951. The minimum Gasteiger partial charge on any atom is -0.508 e. The fourth-order valence-corrected chi connectivity index (χ4v) is 3.96. The largest absolute Gasteiger partial charge is 0.508 e. The maximum atomic E-state index is 12.4. The smallest absolute Gasteiger partial charge is 0.306 e. The van der Waals surface area contributed by atoms with Gasteiger partial charge in [-0.25, -0.2) is 0 Å². The molecule has 0 aliphatic carbocycles. The van der Waals surface area contributed by atoms with E-state index in [0.29, 0.717) is 17.1 Å². The van der Waals surface area contributed by atoms with Crippen LogP contribution in [-0.2, 0) is 15.3 Å². The van der Waals surface area contributed by atoms with Crippen LogP contribution in [0.3, 0.4) is 0 Å². The summed E-state index contributed by atoms with van der Waals surface area (Å²) in [4.78, 5) is 25.5. The first-order chi connectivity index (χ1) is 14.4. The summed E-state index contributed by atoms with van der Waals surface area (Å²) in [5.41, 5.74) is 1.13. The van der Waals surface area contributed by atoms with E-state index >= 15 is 0 Å². The van der Waals surface area contributed by atoms with Gasteiger partial charge < -0.3 is 19.4 Å². The second-order valence-electron chi connectivity index (χ2n) is 6.77. The van der Waals surface area contributed by atoms with Gasteiger partial charge in [0.15, 0.2) is 5.76 Å². The summed E-state index contributed by atoms with van der Waals surface area (Å²) < 4.78 is 10.7. The maximum Gasteiger partial charge on any atom is 0.306 e. The molecule has 1 aromatic heterocycles. The van der Waals surface area contributed by atoms with Crippen molar-refractivity contribution in [3.8, 4) is 11.5 Å². The van der Waals surface area contributed by atoms with E-state index in [1.807, 2.05) is 31.2 Å². The molecule has 0 fully saturated rings. The molecule has 0 aliphatic heterocycles. The molecule has 1 atom stereocenters. The summed E-state index contributed by atoms with van der Waals surface area (Å²) in [7, 11) is 1.27. The summed E-state index contributed by atoms with van der Waals surface area (Å²) in [6.07, 6.45) is -0.133. The Bertz CT molecular complexity index is 1090. The van der Waals surface area contributed by atoms with Crippen molar-refractivity contribution < 1.29 is 24.2 Å². The van der Waals surface area contributed by atoms with Crippen LogP contribution in [0.5, 0.6) is 11.5 Å². The monoisotopic (exact) mass is 426 g/mol. The minimum atomic E-state index is -0.742. The van der Waals surface area contributed by atoms with Gasteiger partial charge in [-0.1, -0.05) is 30.3 Å². The van der Waals surface area contributed by atoms with Crippen LogP contribution in [-0.4, -0.2) is 23.3 Å². The molecule has 156 valence electrons. The molecule has 1 heterocycles. The van der Waals surface area contributed by atoms with Crippen molar-refractivity contribution in [2.45, 2.75) is 29.9 Å². The van der Waals surface area contributed by atoms with Gasteiger partial charge in [0.05, 0.1) is 25.2 Å². The quantitative estimate of drug-likeness (QED) is 0.428. The molecular formula is C23H22O6S. The molecule has 0 aliphatic rings. The van der Waals surface area contributed by atoms with Gasteiger partial charge in [0.1, 0.15) is 11.5 Å². The van der Waals surface area contributed by atoms with Crippen LogP contribution in [0.4, 0.5) is 0 Å². The molecule has 0 amide bonds. The summed E-state index contributed by atoms with van der Waals surface area (Å²) in [6.45, 7) is 2.00. The van der Waals surface area contributed by atoms with Crippen molar-refractivity contribution >= 4 is 17.7 Å². The number of benzene rings is 2. The van der Waals surface area contributed by atoms with Gasteiger partial charge in [-0.2, -0.15) is 0 Å². The lowest BCUT2D eigenvalue weighted by Gasteiger charge is -2.17. The molecule has 3 rings (SSSR count). The molecule has 3 aromatic rings. The highest BCUT2D eigenvalue weighted by Crippen LogP contribution is 2.35. The Hall–Kier alpha value is -3.19. The fraction of sp³-hybridized carbons (Fsp3) is 0.217. The molecular weight excluding hydrogens is 404 g/mol. The lowest BCUT2D eigenvalue weighted by molar-refractivity contribution is -0.140. The normalized spacial score (nSPS) is 11.8. The lowest BCUT2D eigenvalue weighted by Crippen LogP contribution is -2.14. The number of esters is 1. The number of aryl methyl sites for hydroxylation is 1. The lowest BCUT2D eigenvalue weighted by atomic mass is 9.92. The highest BCUT2D eigenvalue weighted by atomic mass is 32.2. The van der Waals surface area contributed by atoms with E-state index in [0.717, 1.165) is 10.5 Å². The third-order valence-electron chi connectivity index (χ3n) is 4.67. The van der Waals surface area contributed by atoms with E-state index in [4.69, 9.17) is 9.15 Å². The molecule has 2 N–H and O–H groups in total. The number of hydrogen-bond acceptors (Lipinski definition) is 7. The number of methoxy groups -OCH3 is 1. The second-order valence-corrected chi connectivity index (χ2v) is 7.79. The first-order valence-electron chi connectivity index (χ1n) is 9.29. The molecule has 0 saturated carbocycles. The average Bonchev–Trinajstić information content (AvgIpc) is 2.74. The van der Waals surface area contributed by atoms with Gasteiger partial charge in [0.25, 0.3) is 0 Å². The van der Waals surface area contributed by atoms with Gasteiger partial charge in [0, 0.05) is 11.0 Å². The first-order valence-corrected chi connectivity index (χ1v) is 10.3. The van der Waals surface area contributed by atoms with E-state index < -0.39 is 23.1 Å². The zero-order chi connectivity index (χ0) is 21.7. The van der Waals surface area contributed by atoms with Crippen molar-refractivity contribution in [3.63, 3.8) is 0 Å². The van der Waals surface area contributed by atoms with Gasteiger partial charge >= 0.3 is 5.97 Å². The molecule has 0 radical (unpaired) electrons. The van der Waals surface area contributed by atoms with Crippen molar-refractivity contribution in [1.29, 1.82) is 0 Å². The number of carbonyl (C=O) groups is 1. The third kappa shape index (κ3) is 5.04. The summed E-state index contributed by atoms with van der Waals surface area (Å²) in [5.74, 6) is -0.975. The first kappa shape index (κ1) is 21.5. The number of thioether (sulfide) groups is 1. The Balaban J connectivity index is 1.98. The highest BCUT2D eigenvalue weighted by molar-refractivity contribution is 7.98. The van der Waals surface area contributed by atoms with Crippen LogP contribution < -0.4 is 5.43 Å². The van der Waals surface area contributed by atoms with Crippen molar-refractivity contribution in [2.24, 2.45) is 0 Å². The molecule has 6 nitrogen and oxygen atoms in total. The number of carbonyl (C=O) groups excluding carboxylic acids is 1. The highest BCUT2D eigenvalue weighted by Gasteiger charge is 2.26. The van der Waals surface area contributed by atoms with E-state index in [1.54, 1.807) is 12.1 Å². The topological polar surface area (TPSA) is 97.0 Å². The average molecular weight is 426 g/mol. The zero-order valence-corrected chi connectivity index (χ0v) is 17.4. The molecule has 0 unspecified atom stereocenters. The second kappa shape index (κ2) is 9.54. The standard InChI is InChI=1S/C23H22O6S/c1-14-5-3-4-6-20(14)30-13-17-11-19(25)22(27)23(29-17)18(12-21(26)28-2)15-7-9-16(24)10-8-15/h3-11,18,24,27H,12-13H2,1-2H3/t18-/m1/s1. The number of phenols is 1.